The lowest BCUT2D eigenvalue weighted by Crippen LogP contribution is -2.37. The van der Waals surface area contributed by atoms with Crippen LogP contribution in [0.25, 0.3) is 0 Å². The third-order valence-electron chi connectivity index (χ3n) is 2.14. The van der Waals surface area contributed by atoms with Crippen LogP contribution in [-0.4, -0.2) is 30.6 Å². The van der Waals surface area contributed by atoms with E-state index >= 15 is 0 Å². The van der Waals surface area contributed by atoms with Crippen molar-refractivity contribution in [1.82, 2.24) is 5.32 Å². The zero-order valence-corrected chi connectivity index (χ0v) is 8.84. The molecular weight excluding hydrogens is 210 g/mol. The Hall–Kier alpha value is -2.04. The Morgan fingerprint density at radius 3 is 2.94 bits per heavy atom. The molecule has 1 atom stereocenters. The first-order valence-corrected chi connectivity index (χ1v) is 4.72. The minimum absolute atomic E-state index is 0.227. The van der Waals surface area contributed by atoms with Gasteiger partial charge in [0.1, 0.15) is 11.8 Å². The molecule has 0 radical (unpaired) electrons. The first-order chi connectivity index (χ1) is 7.67. The van der Waals surface area contributed by atoms with Crippen molar-refractivity contribution in [3.8, 4) is 5.75 Å². The lowest BCUT2D eigenvalue weighted by molar-refractivity contribution is -0.140. The van der Waals surface area contributed by atoms with Crippen LogP contribution in [0.2, 0.25) is 0 Å². The van der Waals surface area contributed by atoms with Gasteiger partial charge in [0.15, 0.2) is 0 Å². The molecule has 16 heavy (non-hydrogen) atoms. The van der Waals surface area contributed by atoms with E-state index in [-0.39, 0.29) is 6.42 Å². The largest absolute Gasteiger partial charge is 0.497 e. The Morgan fingerprint density at radius 2 is 2.38 bits per heavy atom. The topological polar surface area (TPSA) is 75.6 Å². The van der Waals surface area contributed by atoms with Gasteiger partial charge in [-0.05, 0) is 17.7 Å². The molecule has 86 valence electrons. The van der Waals surface area contributed by atoms with Gasteiger partial charge in [0.2, 0.25) is 6.41 Å². The van der Waals surface area contributed by atoms with Gasteiger partial charge in [0, 0.05) is 6.42 Å². The number of methoxy groups -OCH3 is 1. The van der Waals surface area contributed by atoms with Crippen LogP contribution in [0.4, 0.5) is 0 Å². The quantitative estimate of drug-likeness (QED) is 0.686. The Balaban J connectivity index is 2.76. The van der Waals surface area contributed by atoms with Crippen molar-refractivity contribution in [1.29, 1.82) is 0 Å². The van der Waals surface area contributed by atoms with Crippen molar-refractivity contribution in [2.75, 3.05) is 7.11 Å². The number of nitrogens with one attached hydrogen (secondary N) is 1. The fraction of sp³-hybridized carbons (Fsp3) is 0.273. The molecule has 5 nitrogen and oxygen atoms in total. The van der Waals surface area contributed by atoms with E-state index in [1.807, 2.05) is 0 Å². The Morgan fingerprint density at radius 1 is 1.62 bits per heavy atom. The molecule has 0 aliphatic carbocycles. The van der Waals surface area contributed by atoms with Crippen LogP contribution in [0.15, 0.2) is 24.3 Å². The van der Waals surface area contributed by atoms with E-state index in [2.05, 4.69) is 5.32 Å². The zero-order valence-electron chi connectivity index (χ0n) is 8.84. The molecule has 0 fully saturated rings. The van der Waals surface area contributed by atoms with Crippen LogP contribution in [0, 0.1) is 0 Å². The highest BCUT2D eigenvalue weighted by atomic mass is 16.5. The SMILES string of the molecule is COc1cccc(CC(NC=O)C(=O)O)c1. The monoisotopic (exact) mass is 223 g/mol. The van der Waals surface area contributed by atoms with Crippen molar-refractivity contribution in [3.63, 3.8) is 0 Å². The van der Waals surface area contributed by atoms with Crippen LogP contribution in [0.1, 0.15) is 5.56 Å². The second kappa shape index (κ2) is 5.75. The Bertz CT molecular complexity index is 378. The number of carbonyl (C=O) groups is 2. The number of hydrogen-bond acceptors (Lipinski definition) is 3. The number of amides is 1. The molecule has 0 aliphatic heterocycles. The van der Waals surface area contributed by atoms with Gasteiger partial charge in [0.25, 0.3) is 0 Å². The highest BCUT2D eigenvalue weighted by Crippen LogP contribution is 2.13. The molecule has 0 saturated heterocycles. The molecule has 1 aromatic rings. The molecule has 1 rings (SSSR count). The smallest absolute Gasteiger partial charge is 0.326 e. The summed E-state index contributed by atoms with van der Waals surface area (Å²) in [7, 11) is 1.54. The first-order valence-electron chi connectivity index (χ1n) is 4.72. The van der Waals surface area contributed by atoms with Crippen LogP contribution < -0.4 is 10.1 Å². The summed E-state index contributed by atoms with van der Waals surface area (Å²) in [6.45, 7) is 0. The van der Waals surface area contributed by atoms with Gasteiger partial charge in [0.05, 0.1) is 7.11 Å². The molecule has 5 heteroatoms. The fourth-order valence-corrected chi connectivity index (χ4v) is 1.33. The Kier molecular flexibility index (Phi) is 4.32. The number of benzene rings is 1. The average molecular weight is 223 g/mol. The highest BCUT2D eigenvalue weighted by Gasteiger charge is 2.16. The Labute approximate surface area is 93.0 Å². The summed E-state index contributed by atoms with van der Waals surface area (Å²) in [5.74, 6) is -0.400. The van der Waals surface area contributed by atoms with Crippen molar-refractivity contribution in [3.05, 3.63) is 29.8 Å². The van der Waals surface area contributed by atoms with E-state index in [9.17, 15) is 9.59 Å². The molecule has 2 N–H and O–H groups in total. The first kappa shape index (κ1) is 12.0. The van der Waals surface area contributed by atoms with Gasteiger partial charge in [-0.3, -0.25) is 4.79 Å². The fourth-order valence-electron chi connectivity index (χ4n) is 1.33. The third-order valence-corrected chi connectivity index (χ3v) is 2.14. The van der Waals surface area contributed by atoms with E-state index in [1.54, 1.807) is 24.3 Å². The molecule has 0 aromatic heterocycles. The van der Waals surface area contributed by atoms with Gasteiger partial charge < -0.3 is 15.2 Å². The predicted octanol–water partition coefficient (Wildman–Crippen LogP) is 0.437. The summed E-state index contributed by atoms with van der Waals surface area (Å²) < 4.78 is 5.02. The lowest BCUT2D eigenvalue weighted by atomic mass is 10.1. The van der Waals surface area contributed by atoms with E-state index in [1.165, 1.54) is 7.11 Å². The normalized spacial score (nSPS) is 11.6. The minimum Gasteiger partial charge on any atom is -0.497 e. The van der Waals surface area contributed by atoms with Gasteiger partial charge in [-0.2, -0.15) is 0 Å². The number of carbonyl (C=O) groups excluding carboxylic acids is 1. The third kappa shape index (κ3) is 3.27. The van der Waals surface area contributed by atoms with Gasteiger partial charge in [-0.15, -0.1) is 0 Å². The van der Waals surface area contributed by atoms with Gasteiger partial charge in [-0.1, -0.05) is 12.1 Å². The van der Waals surface area contributed by atoms with Crippen LogP contribution in [-0.2, 0) is 16.0 Å². The molecule has 1 amide bonds. The molecule has 0 spiro atoms. The highest BCUT2D eigenvalue weighted by molar-refractivity contribution is 5.76. The van der Waals surface area contributed by atoms with E-state index in [0.29, 0.717) is 12.2 Å². The maximum atomic E-state index is 10.8. The average Bonchev–Trinajstić information content (AvgIpc) is 2.28. The van der Waals surface area contributed by atoms with Crippen molar-refractivity contribution in [2.24, 2.45) is 0 Å². The number of ether oxygens (including phenoxy) is 1. The number of rotatable bonds is 6. The molecule has 0 bridgehead atoms. The molecule has 0 heterocycles. The second-order valence-corrected chi connectivity index (χ2v) is 3.23. The maximum absolute atomic E-state index is 10.8. The predicted molar refractivity (Wildman–Crippen MR) is 57.3 cm³/mol. The number of carboxylic acid groups (broad SMARTS) is 1. The minimum atomic E-state index is -1.06. The van der Waals surface area contributed by atoms with Gasteiger partial charge >= 0.3 is 5.97 Å². The van der Waals surface area contributed by atoms with Crippen molar-refractivity contribution >= 4 is 12.4 Å². The molecular formula is C11H13NO4. The van der Waals surface area contributed by atoms with E-state index in [4.69, 9.17) is 9.84 Å². The van der Waals surface area contributed by atoms with Crippen molar-refractivity contribution < 1.29 is 19.4 Å². The maximum Gasteiger partial charge on any atom is 0.326 e. The lowest BCUT2D eigenvalue weighted by Gasteiger charge is -2.11. The molecule has 1 aromatic carbocycles. The van der Waals surface area contributed by atoms with E-state index < -0.39 is 12.0 Å². The number of aliphatic carboxylic acids is 1. The van der Waals surface area contributed by atoms with Crippen molar-refractivity contribution in [2.45, 2.75) is 12.5 Å². The summed E-state index contributed by atoms with van der Waals surface area (Å²) >= 11 is 0. The molecule has 0 saturated carbocycles. The second-order valence-electron chi connectivity index (χ2n) is 3.23. The summed E-state index contributed by atoms with van der Waals surface area (Å²) in [6, 6.07) is 6.15. The summed E-state index contributed by atoms with van der Waals surface area (Å²) in [4.78, 5) is 21.0. The summed E-state index contributed by atoms with van der Waals surface area (Å²) in [5.41, 5.74) is 0.793. The van der Waals surface area contributed by atoms with Crippen LogP contribution in [0.3, 0.4) is 0 Å². The summed E-state index contributed by atoms with van der Waals surface area (Å²) in [6.07, 6.45) is 0.615. The van der Waals surface area contributed by atoms with Crippen LogP contribution in [0.5, 0.6) is 5.75 Å². The zero-order chi connectivity index (χ0) is 12.0. The van der Waals surface area contributed by atoms with E-state index in [0.717, 1.165) is 5.56 Å². The molecule has 0 aliphatic rings. The summed E-state index contributed by atoms with van der Waals surface area (Å²) in [5, 5.41) is 11.1. The molecule has 1 unspecified atom stereocenters. The van der Waals surface area contributed by atoms with Crippen LogP contribution >= 0.6 is 0 Å². The van der Waals surface area contributed by atoms with Gasteiger partial charge in [-0.25, -0.2) is 4.79 Å². The number of hydrogen-bond donors (Lipinski definition) is 2. The standard InChI is InChI=1S/C11H13NO4/c1-16-9-4-2-3-8(5-9)6-10(11(14)15)12-7-13/h2-5,7,10H,6H2,1H3,(H,12,13)(H,14,15). The number of carboxylic acids is 1.